The van der Waals surface area contributed by atoms with E-state index in [9.17, 15) is 4.79 Å². The molecule has 0 saturated carbocycles. The minimum absolute atomic E-state index is 0.354. The molecule has 2 rings (SSSR count). The molecule has 6 nitrogen and oxygen atoms in total. The Hall–Kier alpha value is -2.37. The van der Waals surface area contributed by atoms with Crippen LogP contribution in [-0.2, 0) is 4.79 Å². The highest BCUT2D eigenvalue weighted by atomic mass is 16.5. The van der Waals surface area contributed by atoms with Crippen LogP contribution in [0.4, 0.5) is 0 Å². The number of aryl methyl sites for hydroxylation is 1. The molecule has 0 aliphatic carbocycles. The van der Waals surface area contributed by atoms with Crippen LogP contribution in [0.25, 0.3) is 11.4 Å². The number of hydrogen-bond acceptors (Lipinski definition) is 6. The summed E-state index contributed by atoms with van der Waals surface area (Å²) in [6.45, 7) is 3.07. The Kier molecular flexibility index (Phi) is 3.04. The largest absolute Gasteiger partial charge is 0.427 e. The first-order valence-corrected chi connectivity index (χ1v) is 4.98. The fraction of sp³-hybridized carbons (Fsp3) is 0.182. The van der Waals surface area contributed by atoms with Crippen LogP contribution in [0.5, 0.6) is 5.75 Å². The SMILES string of the molecule is CC(=O)Oc1ccc(-c2nnc(C)nn2)cc1. The molecule has 0 bridgehead atoms. The molecule has 0 aliphatic rings. The highest BCUT2D eigenvalue weighted by Gasteiger charge is 2.04. The third-order valence-corrected chi connectivity index (χ3v) is 1.95. The van der Waals surface area contributed by atoms with Gasteiger partial charge in [0.05, 0.1) is 0 Å². The van der Waals surface area contributed by atoms with Crippen LogP contribution in [-0.4, -0.2) is 26.4 Å². The molecule has 1 heterocycles. The minimum Gasteiger partial charge on any atom is -0.427 e. The van der Waals surface area contributed by atoms with E-state index in [4.69, 9.17) is 4.74 Å². The van der Waals surface area contributed by atoms with Gasteiger partial charge in [-0.05, 0) is 31.2 Å². The van der Waals surface area contributed by atoms with Crippen LogP contribution in [0.15, 0.2) is 24.3 Å². The van der Waals surface area contributed by atoms with Crippen LogP contribution >= 0.6 is 0 Å². The van der Waals surface area contributed by atoms with E-state index in [0.717, 1.165) is 5.56 Å². The van der Waals surface area contributed by atoms with Gasteiger partial charge in [-0.3, -0.25) is 4.79 Å². The fourth-order valence-electron chi connectivity index (χ4n) is 1.23. The zero-order valence-corrected chi connectivity index (χ0v) is 9.41. The van der Waals surface area contributed by atoms with Crippen molar-refractivity contribution in [2.24, 2.45) is 0 Å². The first-order chi connectivity index (χ1) is 8.15. The molecule has 0 saturated heterocycles. The zero-order chi connectivity index (χ0) is 12.3. The van der Waals surface area contributed by atoms with Gasteiger partial charge in [0.1, 0.15) is 5.75 Å². The average molecular weight is 230 g/mol. The molecule has 1 aromatic carbocycles. The maximum atomic E-state index is 10.7. The summed E-state index contributed by atoms with van der Waals surface area (Å²) in [5, 5.41) is 15.5. The Balaban J connectivity index is 2.23. The molecule has 86 valence electrons. The van der Waals surface area contributed by atoms with Crippen molar-refractivity contribution in [2.45, 2.75) is 13.8 Å². The number of carbonyl (C=O) groups excluding carboxylic acids is 1. The van der Waals surface area contributed by atoms with Crippen molar-refractivity contribution >= 4 is 5.97 Å². The van der Waals surface area contributed by atoms with Crippen LogP contribution in [0, 0.1) is 6.92 Å². The van der Waals surface area contributed by atoms with E-state index >= 15 is 0 Å². The topological polar surface area (TPSA) is 77.9 Å². The van der Waals surface area contributed by atoms with Crippen molar-refractivity contribution in [3.8, 4) is 17.1 Å². The van der Waals surface area contributed by atoms with Crippen LogP contribution < -0.4 is 4.74 Å². The molecule has 0 aliphatic heterocycles. The van der Waals surface area contributed by atoms with Gasteiger partial charge in [-0.15, -0.1) is 20.4 Å². The summed E-state index contributed by atoms with van der Waals surface area (Å²) in [5.41, 5.74) is 0.765. The maximum absolute atomic E-state index is 10.7. The summed E-state index contributed by atoms with van der Waals surface area (Å²) in [6, 6.07) is 6.82. The first-order valence-electron chi connectivity index (χ1n) is 4.98. The summed E-state index contributed by atoms with van der Waals surface area (Å²) in [7, 11) is 0. The van der Waals surface area contributed by atoms with E-state index < -0.39 is 0 Å². The van der Waals surface area contributed by atoms with E-state index in [-0.39, 0.29) is 5.97 Å². The highest BCUT2D eigenvalue weighted by Crippen LogP contribution is 2.18. The van der Waals surface area contributed by atoms with E-state index in [1.54, 1.807) is 31.2 Å². The Bertz CT molecular complexity index is 522. The number of nitrogens with zero attached hydrogens (tertiary/aromatic N) is 4. The second-order valence-corrected chi connectivity index (χ2v) is 3.39. The molecule has 0 radical (unpaired) electrons. The Morgan fingerprint density at radius 1 is 1.06 bits per heavy atom. The molecule has 17 heavy (non-hydrogen) atoms. The monoisotopic (exact) mass is 230 g/mol. The van der Waals surface area contributed by atoms with Gasteiger partial charge in [-0.25, -0.2) is 0 Å². The number of rotatable bonds is 2. The van der Waals surface area contributed by atoms with Gasteiger partial charge in [-0.2, -0.15) is 0 Å². The molecule has 0 fully saturated rings. The molecule has 0 unspecified atom stereocenters. The Morgan fingerprint density at radius 2 is 1.65 bits per heavy atom. The van der Waals surface area contributed by atoms with Gasteiger partial charge < -0.3 is 4.74 Å². The third-order valence-electron chi connectivity index (χ3n) is 1.95. The number of hydrogen-bond donors (Lipinski definition) is 0. The van der Waals surface area contributed by atoms with Crippen molar-refractivity contribution in [2.75, 3.05) is 0 Å². The Morgan fingerprint density at radius 3 is 2.18 bits per heavy atom. The normalized spacial score (nSPS) is 10.0. The predicted octanol–water partition coefficient (Wildman–Crippen LogP) is 1.17. The summed E-state index contributed by atoms with van der Waals surface area (Å²) in [6.07, 6.45) is 0. The average Bonchev–Trinajstić information content (AvgIpc) is 2.30. The quantitative estimate of drug-likeness (QED) is 0.569. The predicted molar refractivity (Wildman–Crippen MR) is 59.1 cm³/mol. The lowest BCUT2D eigenvalue weighted by molar-refractivity contribution is -0.131. The molecule has 0 N–H and O–H groups in total. The third kappa shape index (κ3) is 2.81. The van der Waals surface area contributed by atoms with Crippen molar-refractivity contribution in [1.82, 2.24) is 20.4 Å². The standard InChI is InChI=1S/C11H10N4O2/c1-7-12-14-11(15-13-7)9-3-5-10(6-4-9)17-8(2)16/h3-6H,1-2H3. The van der Waals surface area contributed by atoms with Crippen molar-refractivity contribution < 1.29 is 9.53 Å². The molecule has 2 aromatic rings. The molecule has 0 atom stereocenters. The summed E-state index contributed by atoms with van der Waals surface area (Å²) in [5.74, 6) is 1.08. The number of aromatic nitrogens is 4. The van der Waals surface area contributed by atoms with Crippen LogP contribution in [0.1, 0.15) is 12.7 Å². The van der Waals surface area contributed by atoms with E-state index in [1.165, 1.54) is 6.92 Å². The van der Waals surface area contributed by atoms with Gasteiger partial charge >= 0.3 is 5.97 Å². The summed E-state index contributed by atoms with van der Waals surface area (Å²) < 4.78 is 4.91. The molecule has 6 heteroatoms. The Labute approximate surface area is 97.7 Å². The van der Waals surface area contributed by atoms with Gasteiger partial charge in [-0.1, -0.05) is 0 Å². The van der Waals surface area contributed by atoms with Crippen molar-refractivity contribution in [3.05, 3.63) is 30.1 Å². The van der Waals surface area contributed by atoms with Crippen molar-refractivity contribution in [1.29, 1.82) is 0 Å². The van der Waals surface area contributed by atoms with Gasteiger partial charge in [0.25, 0.3) is 0 Å². The fourth-order valence-corrected chi connectivity index (χ4v) is 1.23. The lowest BCUT2D eigenvalue weighted by Gasteiger charge is -2.02. The maximum Gasteiger partial charge on any atom is 0.308 e. The molecule has 0 spiro atoms. The van der Waals surface area contributed by atoms with E-state index in [2.05, 4.69) is 20.4 Å². The van der Waals surface area contributed by atoms with Crippen LogP contribution in [0.3, 0.4) is 0 Å². The number of carbonyl (C=O) groups is 1. The highest BCUT2D eigenvalue weighted by molar-refractivity contribution is 5.69. The molecule has 0 amide bonds. The summed E-state index contributed by atoms with van der Waals surface area (Å²) in [4.78, 5) is 10.7. The van der Waals surface area contributed by atoms with Gasteiger partial charge in [0.2, 0.25) is 5.82 Å². The van der Waals surface area contributed by atoms with Crippen LogP contribution in [0.2, 0.25) is 0 Å². The zero-order valence-electron chi connectivity index (χ0n) is 9.41. The second-order valence-electron chi connectivity index (χ2n) is 3.39. The number of esters is 1. The van der Waals surface area contributed by atoms with Gasteiger partial charge in [0, 0.05) is 12.5 Å². The molecular formula is C11H10N4O2. The summed E-state index contributed by atoms with van der Waals surface area (Å²) >= 11 is 0. The second kappa shape index (κ2) is 4.65. The first kappa shape index (κ1) is 11.1. The molecule has 1 aromatic heterocycles. The van der Waals surface area contributed by atoms with E-state index in [1.807, 2.05) is 0 Å². The molecular weight excluding hydrogens is 220 g/mol. The lowest BCUT2D eigenvalue weighted by atomic mass is 10.2. The van der Waals surface area contributed by atoms with Crippen molar-refractivity contribution in [3.63, 3.8) is 0 Å². The smallest absolute Gasteiger partial charge is 0.308 e. The number of benzene rings is 1. The minimum atomic E-state index is -0.354. The number of ether oxygens (including phenoxy) is 1. The van der Waals surface area contributed by atoms with E-state index in [0.29, 0.717) is 17.4 Å². The lowest BCUT2D eigenvalue weighted by Crippen LogP contribution is -2.01. The van der Waals surface area contributed by atoms with Gasteiger partial charge in [0.15, 0.2) is 5.82 Å².